The molecular weight excluding hydrogens is 282 g/mol. The Labute approximate surface area is 129 Å². The number of carbonyl (C=O) groups excluding carboxylic acids is 1. The molecular formula is C15H21N5O2. The fourth-order valence-corrected chi connectivity index (χ4v) is 2.36. The molecule has 2 rings (SSSR count). The van der Waals surface area contributed by atoms with Crippen molar-refractivity contribution in [2.45, 2.75) is 33.2 Å². The van der Waals surface area contributed by atoms with E-state index in [0.717, 1.165) is 6.42 Å². The second kappa shape index (κ2) is 7.02. The first-order valence-electron chi connectivity index (χ1n) is 7.23. The van der Waals surface area contributed by atoms with Crippen LogP contribution in [0, 0.1) is 5.92 Å². The molecule has 7 heteroatoms. The van der Waals surface area contributed by atoms with Gasteiger partial charge in [-0.05, 0) is 47.9 Å². The average molecular weight is 303 g/mol. The van der Waals surface area contributed by atoms with Crippen LogP contribution < -0.4 is 10.1 Å². The second-order valence-corrected chi connectivity index (χ2v) is 5.65. The minimum atomic E-state index is -0.120. The average Bonchev–Trinajstić information content (AvgIpc) is 2.99. The summed E-state index contributed by atoms with van der Waals surface area (Å²) in [6, 6.07) is 5.29. The number of tetrazole rings is 1. The monoisotopic (exact) mass is 303 g/mol. The van der Waals surface area contributed by atoms with Crippen LogP contribution in [0.25, 0.3) is 5.69 Å². The van der Waals surface area contributed by atoms with Crippen LogP contribution in [0.5, 0.6) is 5.75 Å². The number of nitrogens with one attached hydrogen (secondary N) is 1. The lowest BCUT2D eigenvalue weighted by molar-refractivity contribution is 0.0936. The van der Waals surface area contributed by atoms with Crippen LogP contribution in [0.4, 0.5) is 0 Å². The minimum absolute atomic E-state index is 0.117. The van der Waals surface area contributed by atoms with E-state index in [1.54, 1.807) is 25.3 Å². The lowest BCUT2D eigenvalue weighted by atomic mass is 10.0. The highest BCUT2D eigenvalue weighted by atomic mass is 16.5. The largest absolute Gasteiger partial charge is 0.494 e. The molecule has 22 heavy (non-hydrogen) atoms. The summed E-state index contributed by atoms with van der Waals surface area (Å²) in [5.41, 5.74) is 1.17. The number of nitrogens with zero attached hydrogens (tertiary/aromatic N) is 4. The quantitative estimate of drug-likeness (QED) is 0.880. The van der Waals surface area contributed by atoms with E-state index in [0.29, 0.717) is 22.9 Å². The van der Waals surface area contributed by atoms with Crippen molar-refractivity contribution >= 4 is 5.91 Å². The molecule has 0 fully saturated rings. The van der Waals surface area contributed by atoms with Gasteiger partial charge < -0.3 is 10.1 Å². The number of ether oxygens (including phenoxy) is 1. The number of methoxy groups -OCH3 is 1. The predicted octanol–water partition coefficient (Wildman–Crippen LogP) is 1.84. The summed E-state index contributed by atoms with van der Waals surface area (Å²) in [6.07, 6.45) is 2.39. The van der Waals surface area contributed by atoms with Crippen LogP contribution in [0.3, 0.4) is 0 Å². The Balaban J connectivity index is 2.22. The topological polar surface area (TPSA) is 81.9 Å². The molecule has 1 atom stereocenters. The molecule has 118 valence electrons. The van der Waals surface area contributed by atoms with Gasteiger partial charge in [-0.2, -0.15) is 4.68 Å². The van der Waals surface area contributed by atoms with Crippen LogP contribution in [0.15, 0.2) is 24.5 Å². The third-order valence-corrected chi connectivity index (χ3v) is 3.24. The highest BCUT2D eigenvalue weighted by Gasteiger charge is 2.15. The van der Waals surface area contributed by atoms with Crippen molar-refractivity contribution in [3.63, 3.8) is 0 Å². The Morgan fingerprint density at radius 1 is 1.36 bits per heavy atom. The molecule has 0 aliphatic heterocycles. The molecule has 1 aromatic heterocycles. The number of hydrogen-bond donors (Lipinski definition) is 1. The zero-order chi connectivity index (χ0) is 16.1. The van der Waals surface area contributed by atoms with Gasteiger partial charge in [-0.15, -0.1) is 5.10 Å². The van der Waals surface area contributed by atoms with Gasteiger partial charge in [0.2, 0.25) is 0 Å². The van der Waals surface area contributed by atoms with E-state index in [1.165, 1.54) is 11.0 Å². The van der Waals surface area contributed by atoms with Crippen LogP contribution >= 0.6 is 0 Å². The van der Waals surface area contributed by atoms with Crippen molar-refractivity contribution in [1.82, 2.24) is 25.5 Å². The van der Waals surface area contributed by atoms with Crippen molar-refractivity contribution in [3.05, 3.63) is 30.1 Å². The van der Waals surface area contributed by atoms with Gasteiger partial charge in [-0.3, -0.25) is 4.79 Å². The number of amides is 1. The van der Waals surface area contributed by atoms with E-state index >= 15 is 0 Å². The molecule has 0 saturated heterocycles. The van der Waals surface area contributed by atoms with Crippen LogP contribution in [0.1, 0.15) is 37.6 Å². The van der Waals surface area contributed by atoms with Gasteiger partial charge in [-0.1, -0.05) is 13.8 Å². The van der Waals surface area contributed by atoms with E-state index in [9.17, 15) is 4.79 Å². The van der Waals surface area contributed by atoms with Gasteiger partial charge >= 0.3 is 0 Å². The van der Waals surface area contributed by atoms with Crippen LogP contribution in [-0.4, -0.2) is 39.3 Å². The molecule has 0 aliphatic carbocycles. The van der Waals surface area contributed by atoms with E-state index in [-0.39, 0.29) is 11.9 Å². The molecule has 2 aromatic rings. The Morgan fingerprint density at radius 3 is 2.73 bits per heavy atom. The summed E-state index contributed by atoms with van der Waals surface area (Å²) in [6.45, 7) is 6.27. The smallest absolute Gasteiger partial charge is 0.251 e. The standard InChI is InChI=1S/C15H21N5O2/c1-10(2)7-11(3)17-15(21)12-5-6-14(22-4)13(8-12)20-9-16-18-19-20/h5-6,8-11H,7H2,1-4H3,(H,17,21)/t11-/m0/s1. The van der Waals surface area contributed by atoms with E-state index in [1.807, 2.05) is 6.92 Å². The maximum atomic E-state index is 12.3. The highest BCUT2D eigenvalue weighted by molar-refractivity contribution is 5.95. The molecule has 1 heterocycles. The highest BCUT2D eigenvalue weighted by Crippen LogP contribution is 2.23. The summed E-state index contributed by atoms with van der Waals surface area (Å²) in [7, 11) is 1.56. The summed E-state index contributed by atoms with van der Waals surface area (Å²) in [5, 5.41) is 14.0. The van der Waals surface area contributed by atoms with Gasteiger partial charge in [0.1, 0.15) is 17.8 Å². The molecule has 1 amide bonds. The SMILES string of the molecule is COc1ccc(C(=O)N[C@@H](C)CC(C)C)cc1-n1cnnn1. The van der Waals surface area contributed by atoms with Gasteiger partial charge in [0, 0.05) is 11.6 Å². The van der Waals surface area contributed by atoms with Gasteiger partial charge in [-0.25, -0.2) is 0 Å². The third kappa shape index (κ3) is 3.81. The fraction of sp³-hybridized carbons (Fsp3) is 0.467. The number of carbonyl (C=O) groups is 1. The molecule has 0 spiro atoms. The Morgan fingerprint density at radius 2 is 2.14 bits per heavy atom. The first-order chi connectivity index (χ1) is 10.5. The summed E-state index contributed by atoms with van der Waals surface area (Å²) in [5.74, 6) is 1.01. The molecule has 0 saturated carbocycles. The lowest BCUT2D eigenvalue weighted by Gasteiger charge is -2.16. The van der Waals surface area contributed by atoms with Crippen molar-refractivity contribution in [1.29, 1.82) is 0 Å². The van der Waals surface area contributed by atoms with E-state index in [2.05, 4.69) is 34.7 Å². The summed E-state index contributed by atoms with van der Waals surface area (Å²) < 4.78 is 6.75. The number of rotatable bonds is 6. The van der Waals surface area contributed by atoms with Crippen molar-refractivity contribution < 1.29 is 9.53 Å². The van der Waals surface area contributed by atoms with Crippen molar-refractivity contribution in [2.75, 3.05) is 7.11 Å². The Hall–Kier alpha value is -2.44. The third-order valence-electron chi connectivity index (χ3n) is 3.24. The van der Waals surface area contributed by atoms with Crippen molar-refractivity contribution in [3.8, 4) is 11.4 Å². The molecule has 1 N–H and O–H groups in total. The molecule has 7 nitrogen and oxygen atoms in total. The Kier molecular flexibility index (Phi) is 5.08. The number of benzene rings is 1. The fourth-order valence-electron chi connectivity index (χ4n) is 2.36. The maximum Gasteiger partial charge on any atom is 0.251 e. The van der Waals surface area contributed by atoms with Crippen molar-refractivity contribution in [2.24, 2.45) is 5.92 Å². The van der Waals surface area contributed by atoms with Crippen LogP contribution in [0.2, 0.25) is 0 Å². The zero-order valence-corrected chi connectivity index (χ0v) is 13.3. The molecule has 0 bridgehead atoms. The first-order valence-corrected chi connectivity index (χ1v) is 7.23. The summed E-state index contributed by atoms with van der Waals surface area (Å²) >= 11 is 0. The molecule has 0 radical (unpaired) electrons. The van der Waals surface area contributed by atoms with Gasteiger partial charge in [0.25, 0.3) is 5.91 Å². The molecule has 1 aromatic carbocycles. The predicted molar refractivity (Wildman–Crippen MR) is 82.1 cm³/mol. The van der Waals surface area contributed by atoms with E-state index in [4.69, 9.17) is 4.74 Å². The number of hydrogen-bond acceptors (Lipinski definition) is 5. The molecule has 0 aliphatic rings. The van der Waals surface area contributed by atoms with E-state index < -0.39 is 0 Å². The first kappa shape index (κ1) is 15.9. The normalized spacial score (nSPS) is 12.2. The van der Waals surface area contributed by atoms with Crippen LogP contribution in [-0.2, 0) is 0 Å². The Bertz CT molecular complexity index is 625. The molecule has 0 unspecified atom stereocenters. The number of aromatic nitrogens is 4. The van der Waals surface area contributed by atoms with Gasteiger partial charge in [0.05, 0.1) is 7.11 Å². The summed E-state index contributed by atoms with van der Waals surface area (Å²) in [4.78, 5) is 12.3. The lowest BCUT2D eigenvalue weighted by Crippen LogP contribution is -2.33. The zero-order valence-electron chi connectivity index (χ0n) is 13.3. The minimum Gasteiger partial charge on any atom is -0.494 e. The second-order valence-electron chi connectivity index (χ2n) is 5.65. The maximum absolute atomic E-state index is 12.3. The van der Waals surface area contributed by atoms with Gasteiger partial charge in [0.15, 0.2) is 0 Å².